The van der Waals surface area contributed by atoms with E-state index < -0.39 is 11.1 Å². The van der Waals surface area contributed by atoms with Gasteiger partial charge in [0.05, 0.1) is 4.91 Å². The second kappa shape index (κ2) is 10.1. The van der Waals surface area contributed by atoms with Gasteiger partial charge in [0.1, 0.15) is 6.54 Å². The van der Waals surface area contributed by atoms with Crippen LogP contribution < -0.4 is 4.90 Å². The Morgan fingerprint density at radius 1 is 0.914 bits per heavy atom. The third-order valence-corrected chi connectivity index (χ3v) is 7.47. The van der Waals surface area contributed by atoms with Gasteiger partial charge in [0.2, 0.25) is 5.91 Å². The fourth-order valence-electron chi connectivity index (χ4n) is 4.23. The van der Waals surface area contributed by atoms with E-state index in [1.807, 2.05) is 65.4 Å². The van der Waals surface area contributed by atoms with Crippen LogP contribution in [0.15, 0.2) is 82.3 Å². The molecule has 2 aromatic carbocycles. The van der Waals surface area contributed by atoms with Gasteiger partial charge in [-0.1, -0.05) is 40.2 Å². The largest absolute Gasteiger partial charge is 0.368 e. The van der Waals surface area contributed by atoms with Gasteiger partial charge >= 0.3 is 0 Å². The highest BCUT2D eigenvalue weighted by Crippen LogP contribution is 2.33. The van der Waals surface area contributed by atoms with Gasteiger partial charge in [-0.3, -0.25) is 19.3 Å². The third kappa shape index (κ3) is 5.06. The lowest BCUT2D eigenvalue weighted by molar-refractivity contribution is -0.136. The zero-order valence-corrected chi connectivity index (χ0v) is 21.2. The molecule has 178 valence electrons. The lowest BCUT2D eigenvalue weighted by Crippen LogP contribution is -2.51. The summed E-state index contributed by atoms with van der Waals surface area (Å²) in [5, 5.41) is -0.418. The second-order valence-corrected chi connectivity index (χ2v) is 10.2. The molecule has 0 bridgehead atoms. The molecular weight excluding hydrogens is 528 g/mol. The number of carbonyl (C=O) groups excluding carboxylic acids is 3. The molecule has 2 aliphatic heterocycles. The van der Waals surface area contributed by atoms with Crippen molar-refractivity contribution >= 4 is 56.5 Å². The zero-order valence-electron chi connectivity index (χ0n) is 18.8. The Kier molecular flexibility index (Phi) is 6.79. The Bertz CT molecular complexity index is 1300. The van der Waals surface area contributed by atoms with Crippen LogP contribution in [-0.2, 0) is 9.59 Å². The molecule has 2 saturated heterocycles. The molecule has 35 heavy (non-hydrogen) atoms. The molecule has 7 nitrogen and oxygen atoms in total. The van der Waals surface area contributed by atoms with Gasteiger partial charge in [-0.05, 0) is 60.3 Å². The molecule has 3 aromatic rings. The van der Waals surface area contributed by atoms with Crippen LogP contribution in [0.4, 0.5) is 10.5 Å². The molecule has 0 unspecified atom stereocenters. The maximum atomic E-state index is 13.0. The van der Waals surface area contributed by atoms with Crippen LogP contribution in [-0.4, -0.2) is 64.1 Å². The lowest BCUT2D eigenvalue weighted by atomic mass is 10.2. The summed E-state index contributed by atoms with van der Waals surface area (Å²) in [6.45, 7) is 2.30. The Hall–Kier alpha value is -3.30. The number of nitrogens with zero attached hydrogens (tertiary/aromatic N) is 4. The molecule has 2 aliphatic rings. The number of hydrogen-bond donors (Lipinski definition) is 0. The number of anilines is 1. The van der Waals surface area contributed by atoms with Crippen molar-refractivity contribution in [1.29, 1.82) is 0 Å². The Morgan fingerprint density at radius 3 is 2.40 bits per heavy atom. The zero-order chi connectivity index (χ0) is 24.4. The Labute approximate surface area is 216 Å². The van der Waals surface area contributed by atoms with Crippen molar-refractivity contribution in [3.05, 3.63) is 88.0 Å². The van der Waals surface area contributed by atoms with Gasteiger partial charge in [-0.2, -0.15) is 0 Å². The minimum atomic E-state index is -0.432. The summed E-state index contributed by atoms with van der Waals surface area (Å²) in [4.78, 5) is 43.9. The molecule has 3 amide bonds. The van der Waals surface area contributed by atoms with Gasteiger partial charge in [0.15, 0.2) is 0 Å². The van der Waals surface area contributed by atoms with Gasteiger partial charge in [0, 0.05) is 53.9 Å². The van der Waals surface area contributed by atoms with Crippen molar-refractivity contribution in [3.8, 4) is 5.69 Å². The Morgan fingerprint density at radius 2 is 1.66 bits per heavy atom. The van der Waals surface area contributed by atoms with Crippen molar-refractivity contribution in [3.63, 3.8) is 0 Å². The topological polar surface area (TPSA) is 65.9 Å². The first-order valence-electron chi connectivity index (χ1n) is 11.3. The highest BCUT2D eigenvalue weighted by molar-refractivity contribution is 9.10. The number of para-hydroxylation sites is 1. The van der Waals surface area contributed by atoms with Crippen LogP contribution >= 0.6 is 27.7 Å². The molecule has 5 rings (SSSR count). The van der Waals surface area contributed by atoms with E-state index in [9.17, 15) is 14.4 Å². The second-order valence-electron chi connectivity index (χ2n) is 8.25. The predicted molar refractivity (Wildman–Crippen MR) is 141 cm³/mol. The number of amides is 3. The summed E-state index contributed by atoms with van der Waals surface area (Å²) in [6, 6.07) is 21.6. The molecule has 2 fully saturated rings. The molecule has 0 radical (unpaired) electrons. The van der Waals surface area contributed by atoms with Crippen LogP contribution in [0.25, 0.3) is 11.8 Å². The van der Waals surface area contributed by atoms with E-state index in [4.69, 9.17) is 0 Å². The Balaban J connectivity index is 1.24. The van der Waals surface area contributed by atoms with E-state index in [0.717, 1.165) is 38.2 Å². The van der Waals surface area contributed by atoms with E-state index >= 15 is 0 Å². The number of piperazine rings is 1. The molecule has 3 heterocycles. The summed E-state index contributed by atoms with van der Waals surface area (Å²) in [6.07, 6.45) is 3.60. The van der Waals surface area contributed by atoms with Crippen molar-refractivity contribution in [2.75, 3.05) is 37.6 Å². The van der Waals surface area contributed by atoms with Gasteiger partial charge in [-0.15, -0.1) is 0 Å². The summed E-state index contributed by atoms with van der Waals surface area (Å²) < 4.78 is 2.88. The molecule has 0 N–H and O–H groups in total. The third-order valence-electron chi connectivity index (χ3n) is 6.07. The first kappa shape index (κ1) is 23.4. The number of aromatic nitrogens is 1. The first-order chi connectivity index (χ1) is 17.0. The summed E-state index contributed by atoms with van der Waals surface area (Å²) >= 11 is 4.35. The highest BCUT2D eigenvalue weighted by Gasteiger charge is 2.37. The smallest absolute Gasteiger partial charge is 0.294 e. The number of imide groups is 1. The van der Waals surface area contributed by atoms with Crippen molar-refractivity contribution in [1.82, 2.24) is 14.4 Å². The van der Waals surface area contributed by atoms with Gasteiger partial charge in [-0.25, -0.2) is 0 Å². The van der Waals surface area contributed by atoms with Crippen LogP contribution in [0.1, 0.15) is 5.69 Å². The quantitative estimate of drug-likeness (QED) is 0.433. The maximum Gasteiger partial charge on any atom is 0.294 e. The predicted octanol–water partition coefficient (Wildman–Crippen LogP) is 4.62. The fourth-order valence-corrected chi connectivity index (χ4v) is 5.44. The van der Waals surface area contributed by atoms with Gasteiger partial charge < -0.3 is 14.4 Å². The van der Waals surface area contributed by atoms with Crippen LogP contribution in [0.5, 0.6) is 0 Å². The van der Waals surface area contributed by atoms with E-state index in [0.29, 0.717) is 31.1 Å². The van der Waals surface area contributed by atoms with Gasteiger partial charge in [0.25, 0.3) is 11.1 Å². The number of rotatable bonds is 5. The van der Waals surface area contributed by atoms with E-state index in [1.54, 1.807) is 11.0 Å². The average molecular weight is 551 g/mol. The molecule has 9 heteroatoms. The molecule has 0 atom stereocenters. The molecule has 0 spiro atoms. The minimum Gasteiger partial charge on any atom is -0.368 e. The fraction of sp³-hybridized carbons (Fsp3) is 0.192. The number of halogens is 1. The molecule has 0 saturated carbocycles. The van der Waals surface area contributed by atoms with E-state index in [-0.39, 0.29) is 12.5 Å². The number of hydrogen-bond acceptors (Lipinski definition) is 5. The van der Waals surface area contributed by atoms with E-state index in [1.165, 1.54) is 0 Å². The summed E-state index contributed by atoms with van der Waals surface area (Å²) in [5.41, 5.74) is 2.83. The molecular formula is C26H23BrN4O3S. The highest BCUT2D eigenvalue weighted by atomic mass is 79.9. The molecule has 0 aliphatic carbocycles. The monoisotopic (exact) mass is 550 g/mol. The van der Waals surface area contributed by atoms with Crippen molar-refractivity contribution in [2.45, 2.75) is 0 Å². The first-order valence-corrected chi connectivity index (χ1v) is 12.9. The van der Waals surface area contributed by atoms with E-state index in [2.05, 4.69) is 33.0 Å². The summed E-state index contributed by atoms with van der Waals surface area (Å²) in [7, 11) is 0. The standard InChI is InChI=1S/C26H23BrN4O3S/c27-19-6-4-9-21(16-19)30-11-5-10-22(30)17-23-25(33)31(26(34)35-23)18-24(32)29-14-12-28(13-15-29)20-7-2-1-3-8-20/h1-11,16-17H,12-15,18H2/b23-17+. The van der Waals surface area contributed by atoms with Crippen LogP contribution in [0.3, 0.4) is 0 Å². The number of benzene rings is 2. The van der Waals surface area contributed by atoms with Crippen LogP contribution in [0, 0.1) is 0 Å². The minimum absolute atomic E-state index is 0.209. The normalized spacial score (nSPS) is 17.5. The van der Waals surface area contributed by atoms with Crippen molar-refractivity contribution in [2.24, 2.45) is 0 Å². The summed E-state index contributed by atoms with van der Waals surface area (Å²) in [5.74, 6) is -0.642. The lowest BCUT2D eigenvalue weighted by Gasteiger charge is -2.36. The maximum absolute atomic E-state index is 13.0. The molecule has 1 aromatic heterocycles. The van der Waals surface area contributed by atoms with Crippen LogP contribution in [0.2, 0.25) is 0 Å². The number of carbonyl (C=O) groups is 3. The average Bonchev–Trinajstić information content (AvgIpc) is 3.44. The SMILES string of the molecule is O=C(CN1C(=O)S/C(=C/c2cccn2-c2cccc(Br)c2)C1=O)N1CCN(c2ccccc2)CC1. The van der Waals surface area contributed by atoms with Crippen molar-refractivity contribution < 1.29 is 14.4 Å². The number of thioether (sulfide) groups is 1.